The van der Waals surface area contributed by atoms with Crippen LogP contribution in [-0.4, -0.2) is 148 Å². The first-order valence-corrected chi connectivity index (χ1v) is 50.1. The summed E-state index contributed by atoms with van der Waals surface area (Å²) >= 11 is 3.89. The first-order chi connectivity index (χ1) is 52.4. The van der Waals surface area contributed by atoms with E-state index in [9.17, 15) is 48.3 Å². The number of esters is 2. The van der Waals surface area contributed by atoms with Crippen molar-refractivity contribution < 1.29 is 115 Å². The Morgan fingerprint density at radius 1 is 0.318 bits per heavy atom. The molecule has 0 saturated heterocycles. The van der Waals surface area contributed by atoms with Gasteiger partial charge in [0.2, 0.25) is 0 Å². The molecule has 0 fully saturated rings. The predicted molar refractivity (Wildman–Crippen MR) is 449 cm³/mol. The van der Waals surface area contributed by atoms with E-state index >= 15 is 0 Å². The van der Waals surface area contributed by atoms with Crippen molar-refractivity contribution in [3.63, 3.8) is 0 Å². The maximum atomic E-state index is 11.6. The van der Waals surface area contributed by atoms with Crippen LogP contribution < -0.4 is 11.5 Å². The zero-order chi connectivity index (χ0) is 83.5. The number of hydrogen-bond acceptors (Lipinski definition) is 19. The third-order valence-corrected chi connectivity index (χ3v) is 20.0. The molecule has 110 heavy (non-hydrogen) atoms. The fraction of sp³-hybridized carbons (Fsp3) is 0.923. The van der Waals surface area contributed by atoms with E-state index in [0.717, 1.165) is 83.5 Å². The van der Waals surface area contributed by atoms with Crippen LogP contribution in [0.1, 0.15) is 387 Å². The summed E-state index contributed by atoms with van der Waals surface area (Å²) in [6, 6.07) is -1.61. The number of hydrogen-bond donors (Lipinski definition) is 14. The van der Waals surface area contributed by atoms with E-state index in [0.29, 0.717) is 12.8 Å². The highest BCUT2D eigenvalue weighted by atomic mass is 32.4. The molecule has 0 unspecified atom stereocenters. The first-order valence-electron chi connectivity index (χ1n) is 42.3. The minimum atomic E-state index is -4.62. The van der Waals surface area contributed by atoms with E-state index in [1.165, 1.54) is 257 Å². The summed E-state index contributed by atoms with van der Waals surface area (Å²) in [6.45, 7) is 6.47. The van der Waals surface area contributed by atoms with Gasteiger partial charge in [-0.3, -0.25) is 27.7 Å². The summed E-state index contributed by atoms with van der Waals surface area (Å²) < 4.78 is 68.7. The van der Waals surface area contributed by atoms with E-state index in [2.05, 4.69) is 77.8 Å². The van der Waals surface area contributed by atoms with E-state index in [1.807, 2.05) is 6.08 Å². The van der Waals surface area contributed by atoms with Gasteiger partial charge in [-0.2, -0.15) is 0 Å². The van der Waals surface area contributed by atoms with Crippen LogP contribution in [0.2, 0.25) is 0 Å². The molecule has 0 amide bonds. The van der Waals surface area contributed by atoms with Crippen LogP contribution in [0.4, 0.5) is 0 Å². The van der Waals surface area contributed by atoms with Gasteiger partial charge >= 0.3 is 43.2 Å². The van der Waals surface area contributed by atoms with Crippen molar-refractivity contribution in [1.82, 2.24) is 0 Å². The second-order valence-electron chi connectivity index (χ2n) is 29.0. The molecule has 16 N–H and O–H groups in total. The molecule has 0 rings (SSSR count). The quantitative estimate of drug-likeness (QED) is 0.0116. The Labute approximate surface area is 673 Å². The SMILES string of the molecule is CCCCCCCC/C=C\CCCCCCCC(=O)OC[C@@H](O)COP(=O)(O)O.CCCCCCCCCCCCC/C=C\[C@@H](O)[C@@H](N)COP(=O)(O)O.CCCCCCCCCCCCCCCCCC(=O)OC[C@@H](O)COP(=O)(O)O.CCCCCCCCCCCCCCC[C@@H](O)[C@@H](N)COP(=O)(O)O.P=S. The molecule has 0 aliphatic rings. The number of allylic oxidation sites excluding steroid dienone is 3. The zero-order valence-corrected chi connectivity index (χ0v) is 74.1. The Balaban J connectivity index is -0.000000443. The molecular weight excluding hydrogens is 1540 g/mol. The predicted octanol–water partition coefficient (Wildman–Crippen LogP) is 19.2. The Hall–Kier alpha value is -0.860. The van der Waals surface area contributed by atoms with Gasteiger partial charge in [0, 0.05) is 12.8 Å². The summed E-state index contributed by atoms with van der Waals surface area (Å²) in [6.07, 6.45) is 70.9. The monoisotopic (exact) mass is 1700 g/mol. The van der Waals surface area contributed by atoms with Crippen molar-refractivity contribution in [2.75, 3.05) is 39.6 Å². The Morgan fingerprint density at radius 2 is 0.536 bits per heavy atom. The van der Waals surface area contributed by atoms with Gasteiger partial charge in [-0.15, -0.1) is 0 Å². The molecule has 0 aromatic heterocycles. The average molecular weight is 1700 g/mol. The topological polar surface area (TPSA) is 453 Å². The van der Waals surface area contributed by atoms with E-state index in [1.54, 1.807) is 6.08 Å². The standard InChI is InChI=1S/C21H43O7P.C21H41O7P.C18H40NO5P.C18H38NO5P.HPS/c2*1-2-3-4-5-6-7-8-9-10-11-12-13-14-15-16-17-21(23)27-18-20(22)19-28-29(24,25)26;2*1-2-3-4-5-6-7-8-9-10-11-12-13-14-15-18(20)17(19)16-24-25(21,22)23;1-2/h20,22H,2-19H2,1H3,(H2,24,25,26);9-10,20,22H,2-8,11-19H2,1H3,(H2,24,25,26);17-18,20H,2-16,19H2,1H3,(H2,21,22,23);14-15,17-18,20H,2-13,16,19H2,1H3,(H2,21,22,23);1H/b;10-9-;;15-14-;/t2*20-;2*17-,18+;/m1100./s1. The lowest BCUT2D eigenvalue weighted by atomic mass is 10.0. The number of phosphoric acid groups is 4. The third kappa shape index (κ3) is 109. The number of carbonyl (C=O) groups is 2. The van der Waals surface area contributed by atoms with E-state index in [4.69, 9.17) is 60.1 Å². The lowest BCUT2D eigenvalue weighted by Crippen LogP contribution is -2.38. The molecule has 0 heterocycles. The molecule has 32 heteroatoms. The van der Waals surface area contributed by atoms with Crippen LogP contribution in [0.25, 0.3) is 0 Å². The molecule has 26 nitrogen and oxygen atoms in total. The highest BCUT2D eigenvalue weighted by molar-refractivity contribution is 7.88. The molecule has 6 atom stereocenters. The van der Waals surface area contributed by atoms with Gasteiger partial charge in [-0.25, -0.2) is 18.3 Å². The Kier molecular flexibility index (Phi) is 93.6. The van der Waals surface area contributed by atoms with Crippen LogP contribution in [-0.2, 0) is 67.2 Å². The molecule has 0 aliphatic carbocycles. The number of ether oxygens (including phenoxy) is 2. The van der Waals surface area contributed by atoms with Crippen molar-refractivity contribution in [3.05, 3.63) is 24.3 Å². The van der Waals surface area contributed by atoms with Crippen molar-refractivity contribution in [2.24, 2.45) is 11.5 Å². The van der Waals surface area contributed by atoms with Crippen LogP contribution in [0.3, 0.4) is 0 Å². The smallest absolute Gasteiger partial charge is 0.463 e. The first kappa shape index (κ1) is 118. The fourth-order valence-electron chi connectivity index (χ4n) is 11.4. The number of carbonyl (C=O) groups excluding carboxylic acids is 2. The molecule has 0 aliphatic heterocycles. The van der Waals surface area contributed by atoms with Crippen LogP contribution in [0.5, 0.6) is 0 Å². The summed E-state index contributed by atoms with van der Waals surface area (Å²) in [5.41, 5.74) is 11.3. The van der Waals surface area contributed by atoms with Crippen molar-refractivity contribution in [2.45, 2.75) is 424 Å². The average Bonchev–Trinajstić information content (AvgIpc) is 0.925. The number of nitrogens with two attached hydrogens (primary N) is 2. The third-order valence-electron chi connectivity index (χ3n) is 18.1. The molecule has 0 aromatic carbocycles. The van der Waals surface area contributed by atoms with Gasteiger partial charge < -0.3 is 80.5 Å². The maximum absolute atomic E-state index is 11.6. The summed E-state index contributed by atoms with van der Waals surface area (Å²) in [5, 5.41) is 38.4. The van der Waals surface area contributed by atoms with Crippen LogP contribution >= 0.6 is 39.3 Å². The van der Waals surface area contributed by atoms with Gasteiger partial charge in [0.1, 0.15) is 25.4 Å². The minimum Gasteiger partial charge on any atom is -0.463 e. The highest BCUT2D eigenvalue weighted by Crippen LogP contribution is 2.38. The lowest BCUT2D eigenvalue weighted by Gasteiger charge is -2.18. The zero-order valence-electron chi connectivity index (χ0n) is 68.7. The van der Waals surface area contributed by atoms with E-state index in [-0.39, 0.29) is 32.8 Å². The molecule has 0 radical (unpaired) electrons. The van der Waals surface area contributed by atoms with Gasteiger partial charge in [0.25, 0.3) is 0 Å². The molecule has 0 bridgehead atoms. The minimum absolute atomic E-state index is 0.282. The highest BCUT2D eigenvalue weighted by Gasteiger charge is 2.23. The normalized spacial score (nSPS) is 13.6. The maximum Gasteiger partial charge on any atom is 0.469 e. The second kappa shape index (κ2) is 87.5. The van der Waals surface area contributed by atoms with Crippen LogP contribution in [0.15, 0.2) is 24.3 Å². The van der Waals surface area contributed by atoms with Crippen molar-refractivity contribution in [3.8, 4) is 0 Å². The number of phosphoric ester groups is 4. The molecule has 0 spiro atoms. The molecular formula is C78H163N2O24P5S. The fourth-order valence-corrected chi connectivity index (χ4v) is 12.9. The molecule has 660 valence electrons. The largest absolute Gasteiger partial charge is 0.469 e. The lowest BCUT2D eigenvalue weighted by molar-refractivity contribution is -0.148. The van der Waals surface area contributed by atoms with Crippen molar-refractivity contribution >= 4 is 63.1 Å². The van der Waals surface area contributed by atoms with Gasteiger partial charge in [-0.1, -0.05) is 353 Å². The summed E-state index contributed by atoms with van der Waals surface area (Å²) in [5.74, 6) is -0.826. The van der Waals surface area contributed by atoms with Crippen LogP contribution in [0, 0.1) is 0 Å². The van der Waals surface area contributed by atoms with Gasteiger partial charge in [0.15, 0.2) is 0 Å². The number of aliphatic hydroxyl groups excluding tert-OH is 4. The van der Waals surface area contributed by atoms with E-state index < -0.39 is 92.9 Å². The Morgan fingerprint density at radius 3 is 0.800 bits per heavy atom. The Bertz CT molecular complexity index is 2220. The summed E-state index contributed by atoms with van der Waals surface area (Å²) in [4.78, 5) is 91.5. The number of rotatable bonds is 76. The number of aliphatic hydroxyl groups is 4. The van der Waals surface area contributed by atoms with Gasteiger partial charge in [-0.05, 0) is 65.8 Å². The molecule has 0 saturated carbocycles. The second-order valence-corrected chi connectivity index (χ2v) is 34.0. The van der Waals surface area contributed by atoms with Gasteiger partial charge in [0.05, 0.1) is 50.7 Å². The number of unbranched alkanes of at least 4 members (excludes halogenated alkanes) is 48. The van der Waals surface area contributed by atoms with Crippen molar-refractivity contribution in [1.29, 1.82) is 0 Å². The summed E-state index contributed by atoms with van der Waals surface area (Å²) in [7, 11) is -15.7. The molecule has 0 aromatic rings.